The summed E-state index contributed by atoms with van der Waals surface area (Å²) < 4.78 is 92.3. The van der Waals surface area contributed by atoms with Crippen LogP contribution in [0.3, 0.4) is 0 Å². The number of phenols is 1. The second-order valence-electron chi connectivity index (χ2n) is 11.5. The van der Waals surface area contributed by atoms with E-state index in [0.29, 0.717) is 57.3 Å². The van der Waals surface area contributed by atoms with E-state index in [1.807, 2.05) is 6.07 Å². The fourth-order valence-electron chi connectivity index (χ4n) is 5.36. The summed E-state index contributed by atoms with van der Waals surface area (Å²) in [6.07, 6.45) is -8.70. The van der Waals surface area contributed by atoms with E-state index in [2.05, 4.69) is 20.4 Å². The first-order valence-electron chi connectivity index (χ1n) is 16.0. The molecule has 0 atom stereocenters. The Labute approximate surface area is 314 Å². The number of ether oxygens (including phenoxy) is 3. The highest BCUT2D eigenvalue weighted by molar-refractivity contribution is 7.15. The molecule has 2 amide bonds. The van der Waals surface area contributed by atoms with Gasteiger partial charge in [-0.05, 0) is 48.9 Å². The average molecular weight is 809 g/mol. The van der Waals surface area contributed by atoms with Gasteiger partial charge in [0, 0.05) is 28.7 Å². The van der Waals surface area contributed by atoms with Crippen molar-refractivity contribution in [3.05, 3.63) is 98.5 Å². The third kappa shape index (κ3) is 8.78. The molecule has 0 aliphatic carbocycles. The third-order valence-electron chi connectivity index (χ3n) is 7.85. The van der Waals surface area contributed by atoms with E-state index < -0.39 is 40.2 Å². The van der Waals surface area contributed by atoms with Crippen molar-refractivity contribution in [2.24, 2.45) is 0 Å². The smallest absolute Gasteiger partial charge is 0.445 e. The first-order valence-corrected chi connectivity index (χ1v) is 17.6. The summed E-state index contributed by atoms with van der Waals surface area (Å²) in [5, 5.41) is 20.3. The Bertz CT molecular complexity index is 2230. The first kappa shape index (κ1) is 38.9. The fourth-order valence-corrected chi connectivity index (χ4v) is 6.78. The van der Waals surface area contributed by atoms with Crippen molar-refractivity contribution in [2.75, 3.05) is 29.6 Å². The minimum Gasteiger partial charge on any atom is -0.508 e. The molecule has 0 radical (unpaired) electrons. The van der Waals surface area contributed by atoms with Crippen molar-refractivity contribution < 1.29 is 60.0 Å². The first-order chi connectivity index (χ1) is 26.1. The Morgan fingerprint density at radius 2 is 1.35 bits per heavy atom. The predicted octanol–water partition coefficient (Wildman–Crippen LogP) is 6.70. The van der Waals surface area contributed by atoms with Crippen LogP contribution in [0.1, 0.15) is 54.3 Å². The summed E-state index contributed by atoms with van der Waals surface area (Å²) in [5.74, 6) is -0.492. The number of carbonyl (C=O) groups excluding carboxylic acids is 3. The standard InChI is InChI=1S/C23H20F3N3O5S.C11H6F3N3O2S/c1-2-32-19(30)13-34-15-6-3-5-14(11-15)9-10-33-18-8-4-7-16-17(18)12-29(20(16)31)22-28-27-21(35-22)23(24,25)26;12-11(13,14)9-15-16-10(20-9)17-4-6-5(8(17)19)2-1-3-7(6)18/h3-8,11H,2,9-10,12-13H2,1H3;1-3,18H,4H2. The van der Waals surface area contributed by atoms with Gasteiger partial charge in [0.2, 0.25) is 20.3 Å². The van der Waals surface area contributed by atoms with Crippen molar-refractivity contribution in [1.82, 2.24) is 20.4 Å². The number of amides is 2. The van der Waals surface area contributed by atoms with Crippen LogP contribution in [0.5, 0.6) is 17.2 Å². The lowest BCUT2D eigenvalue weighted by atomic mass is 10.1. The minimum atomic E-state index is -4.62. The zero-order chi connectivity index (χ0) is 39.5. The Kier molecular flexibility index (Phi) is 11.2. The van der Waals surface area contributed by atoms with Crippen LogP contribution < -0.4 is 19.3 Å². The van der Waals surface area contributed by atoms with Crippen molar-refractivity contribution in [3.63, 3.8) is 0 Å². The van der Waals surface area contributed by atoms with Crippen molar-refractivity contribution in [3.8, 4) is 17.2 Å². The predicted molar refractivity (Wildman–Crippen MR) is 183 cm³/mol. The van der Waals surface area contributed by atoms with Gasteiger partial charge in [-0.15, -0.1) is 20.4 Å². The maximum Gasteiger partial charge on any atom is 0.445 e. The molecule has 3 aromatic carbocycles. The molecule has 2 aliphatic rings. The van der Waals surface area contributed by atoms with Crippen LogP contribution in [0.25, 0.3) is 0 Å². The zero-order valence-corrected chi connectivity index (χ0v) is 29.8. The number of aromatic nitrogens is 4. The highest BCUT2D eigenvalue weighted by Gasteiger charge is 2.40. The maximum absolute atomic E-state index is 12.9. The molecule has 0 fully saturated rings. The topological polar surface area (TPSA) is 157 Å². The number of halogens is 6. The van der Waals surface area contributed by atoms with Crippen LogP contribution in [0.15, 0.2) is 60.7 Å². The van der Waals surface area contributed by atoms with E-state index in [9.17, 15) is 45.8 Å². The van der Waals surface area contributed by atoms with Crippen molar-refractivity contribution in [2.45, 2.75) is 38.8 Å². The number of esters is 1. The van der Waals surface area contributed by atoms with E-state index >= 15 is 0 Å². The van der Waals surface area contributed by atoms with E-state index in [0.717, 1.165) is 15.4 Å². The van der Waals surface area contributed by atoms with Gasteiger partial charge in [-0.1, -0.05) is 46.9 Å². The Morgan fingerprint density at radius 3 is 1.91 bits per heavy atom. The molecule has 13 nitrogen and oxygen atoms in total. The number of hydrogen-bond donors (Lipinski definition) is 1. The van der Waals surface area contributed by atoms with E-state index in [4.69, 9.17) is 14.2 Å². The number of rotatable bonds is 10. The number of fused-ring (bicyclic) bond motifs is 2. The van der Waals surface area contributed by atoms with Gasteiger partial charge in [-0.2, -0.15) is 26.3 Å². The summed E-state index contributed by atoms with van der Waals surface area (Å²) in [6, 6.07) is 16.6. The molecule has 2 aromatic heterocycles. The fraction of sp³-hybridized carbons (Fsp3) is 0.265. The molecule has 21 heteroatoms. The van der Waals surface area contributed by atoms with Gasteiger partial charge in [-0.25, -0.2) is 4.79 Å². The number of aromatic hydroxyl groups is 1. The molecule has 55 heavy (non-hydrogen) atoms. The van der Waals surface area contributed by atoms with Gasteiger partial charge in [0.15, 0.2) is 6.61 Å². The largest absolute Gasteiger partial charge is 0.508 e. The SMILES string of the molecule is CCOC(=O)COc1cccc(CCOc2cccc3c2CN(c2nnc(C(F)(F)F)s2)C3=O)c1.O=C1c2cccc(O)c2CN1c1nnc(C(F)(F)F)s1. The molecule has 288 valence electrons. The Hall–Kier alpha value is -5.83. The maximum atomic E-state index is 12.9. The molecular weight excluding hydrogens is 783 g/mol. The van der Waals surface area contributed by atoms with E-state index in [1.165, 1.54) is 18.2 Å². The number of hydrogen-bond acceptors (Lipinski definition) is 13. The van der Waals surface area contributed by atoms with Crippen LogP contribution in [0, 0.1) is 0 Å². The highest BCUT2D eigenvalue weighted by Crippen LogP contribution is 2.40. The number of nitrogens with zero attached hydrogens (tertiary/aromatic N) is 6. The molecule has 0 saturated carbocycles. The summed E-state index contributed by atoms with van der Waals surface area (Å²) in [7, 11) is 0. The summed E-state index contributed by atoms with van der Waals surface area (Å²) in [6.45, 7) is 2.10. The number of phenolic OH excluding ortho intramolecular Hbond substituents is 1. The molecule has 4 heterocycles. The van der Waals surface area contributed by atoms with E-state index in [1.54, 1.807) is 43.3 Å². The number of anilines is 2. The molecule has 0 bridgehead atoms. The van der Waals surface area contributed by atoms with Gasteiger partial charge < -0.3 is 19.3 Å². The molecule has 0 unspecified atom stereocenters. The minimum absolute atomic E-state index is 0.0205. The normalized spacial score (nSPS) is 13.7. The van der Waals surface area contributed by atoms with Gasteiger partial charge in [0.05, 0.1) is 26.3 Å². The van der Waals surface area contributed by atoms with Crippen LogP contribution in [-0.4, -0.2) is 63.1 Å². The van der Waals surface area contributed by atoms with Gasteiger partial charge in [-0.3, -0.25) is 19.4 Å². The van der Waals surface area contributed by atoms with Crippen LogP contribution in [0.4, 0.5) is 36.6 Å². The van der Waals surface area contributed by atoms with Gasteiger partial charge in [0.1, 0.15) is 17.2 Å². The summed E-state index contributed by atoms with van der Waals surface area (Å²) >= 11 is 0.612. The second-order valence-corrected chi connectivity index (χ2v) is 13.4. The van der Waals surface area contributed by atoms with E-state index in [-0.39, 0.29) is 54.5 Å². The average Bonchev–Trinajstić information content (AvgIpc) is 3.95. The molecule has 0 spiro atoms. The van der Waals surface area contributed by atoms with Crippen LogP contribution in [-0.2, 0) is 41.4 Å². The Morgan fingerprint density at radius 1 is 0.782 bits per heavy atom. The number of carbonyl (C=O) groups is 3. The highest BCUT2D eigenvalue weighted by atomic mass is 32.1. The molecule has 0 saturated heterocycles. The summed E-state index contributed by atoms with van der Waals surface area (Å²) in [4.78, 5) is 38.5. The lowest BCUT2D eigenvalue weighted by Gasteiger charge is -2.12. The Balaban J connectivity index is 0.000000217. The summed E-state index contributed by atoms with van der Waals surface area (Å²) in [5.41, 5.74) is 2.47. The number of alkyl halides is 6. The molecule has 1 N–H and O–H groups in total. The van der Waals surface area contributed by atoms with Gasteiger partial charge in [0.25, 0.3) is 11.8 Å². The van der Waals surface area contributed by atoms with Crippen molar-refractivity contribution >= 4 is 50.7 Å². The van der Waals surface area contributed by atoms with Gasteiger partial charge >= 0.3 is 18.3 Å². The molecule has 2 aliphatic heterocycles. The van der Waals surface area contributed by atoms with Crippen LogP contribution in [0.2, 0.25) is 0 Å². The monoisotopic (exact) mass is 808 g/mol. The van der Waals surface area contributed by atoms with Crippen molar-refractivity contribution in [1.29, 1.82) is 0 Å². The lowest BCUT2D eigenvalue weighted by molar-refractivity contribution is -0.145. The zero-order valence-electron chi connectivity index (χ0n) is 28.2. The van der Waals surface area contributed by atoms with Crippen LogP contribution >= 0.6 is 22.7 Å². The molecular formula is C34H26F6N6O7S2. The quantitative estimate of drug-likeness (QED) is 0.118. The number of benzene rings is 3. The lowest BCUT2D eigenvalue weighted by Crippen LogP contribution is -2.22. The second kappa shape index (κ2) is 15.9. The molecule has 7 rings (SSSR count). The third-order valence-corrected chi connectivity index (χ3v) is 9.83. The molecule has 5 aromatic rings.